The monoisotopic (exact) mass is 270 g/mol. The molecule has 100 valence electrons. The number of halogens is 1. The fraction of sp³-hybridized carbons (Fsp3) is 0.462. The summed E-state index contributed by atoms with van der Waals surface area (Å²) >= 11 is 5.97. The second-order valence-corrected chi connectivity index (χ2v) is 4.35. The quantitative estimate of drug-likeness (QED) is 0.781. The molecule has 18 heavy (non-hydrogen) atoms. The third kappa shape index (κ3) is 5.27. The Labute approximate surface area is 113 Å². The zero-order valence-electron chi connectivity index (χ0n) is 10.8. The first-order chi connectivity index (χ1) is 8.63. The second kappa shape index (κ2) is 7.82. The Kier molecular flexibility index (Phi) is 6.36. The van der Waals surface area contributed by atoms with Crippen LogP contribution in [0.2, 0.25) is 5.02 Å². The zero-order chi connectivity index (χ0) is 13.4. The van der Waals surface area contributed by atoms with Gasteiger partial charge in [0.2, 0.25) is 0 Å². The zero-order valence-corrected chi connectivity index (χ0v) is 11.5. The van der Waals surface area contributed by atoms with Gasteiger partial charge in [-0.05, 0) is 31.0 Å². The minimum Gasteiger partial charge on any atom is -0.492 e. The number of rotatable bonds is 6. The van der Waals surface area contributed by atoms with Gasteiger partial charge in [0.1, 0.15) is 12.4 Å². The van der Waals surface area contributed by atoms with E-state index >= 15 is 0 Å². The summed E-state index contributed by atoms with van der Waals surface area (Å²) in [5.74, 6) is 0.710. The number of ether oxygens (including phenoxy) is 1. The molecule has 0 unspecified atom stereocenters. The first-order valence-corrected chi connectivity index (χ1v) is 6.42. The smallest absolute Gasteiger partial charge is 0.314 e. The van der Waals surface area contributed by atoms with Crippen LogP contribution in [0.5, 0.6) is 5.75 Å². The van der Waals surface area contributed by atoms with E-state index in [9.17, 15) is 4.79 Å². The van der Waals surface area contributed by atoms with E-state index in [0.29, 0.717) is 30.5 Å². The molecule has 0 bridgehead atoms. The standard InChI is InChI=1S/C13H19ClN2O2/c1-3-6-15-13(17)16-7-8-18-11-5-4-10(2)12(14)9-11/h4-5,9H,3,6-8H2,1-2H3,(H2,15,16,17). The number of amides is 2. The first-order valence-electron chi connectivity index (χ1n) is 6.04. The van der Waals surface area contributed by atoms with Crippen molar-refractivity contribution in [2.45, 2.75) is 20.3 Å². The predicted octanol–water partition coefficient (Wildman–Crippen LogP) is 2.74. The Balaban J connectivity index is 2.21. The molecule has 0 heterocycles. The summed E-state index contributed by atoms with van der Waals surface area (Å²) in [4.78, 5) is 11.2. The van der Waals surface area contributed by atoms with E-state index in [-0.39, 0.29) is 6.03 Å². The number of hydrogen-bond acceptors (Lipinski definition) is 2. The Hall–Kier alpha value is -1.42. The van der Waals surface area contributed by atoms with Gasteiger partial charge in [0.25, 0.3) is 0 Å². The van der Waals surface area contributed by atoms with Gasteiger partial charge in [0, 0.05) is 11.6 Å². The Morgan fingerprint density at radius 3 is 2.72 bits per heavy atom. The third-order valence-electron chi connectivity index (χ3n) is 2.34. The normalized spacial score (nSPS) is 9.94. The summed E-state index contributed by atoms with van der Waals surface area (Å²) in [7, 11) is 0. The van der Waals surface area contributed by atoms with E-state index in [2.05, 4.69) is 10.6 Å². The molecule has 0 fully saturated rings. The van der Waals surface area contributed by atoms with Gasteiger partial charge in [-0.1, -0.05) is 24.6 Å². The maximum absolute atomic E-state index is 11.2. The molecule has 0 saturated carbocycles. The van der Waals surface area contributed by atoms with Crippen LogP contribution in [0.3, 0.4) is 0 Å². The minimum atomic E-state index is -0.164. The third-order valence-corrected chi connectivity index (χ3v) is 2.74. The van der Waals surface area contributed by atoms with Crippen molar-refractivity contribution < 1.29 is 9.53 Å². The number of nitrogens with one attached hydrogen (secondary N) is 2. The molecule has 0 saturated heterocycles. The van der Waals surface area contributed by atoms with Crippen molar-refractivity contribution in [1.29, 1.82) is 0 Å². The largest absolute Gasteiger partial charge is 0.492 e. The molecule has 0 aromatic heterocycles. The van der Waals surface area contributed by atoms with Crippen molar-refractivity contribution in [1.82, 2.24) is 10.6 Å². The number of carbonyl (C=O) groups is 1. The molecule has 0 radical (unpaired) electrons. The highest BCUT2D eigenvalue weighted by Gasteiger charge is 2.00. The van der Waals surface area contributed by atoms with E-state index in [1.165, 1.54) is 0 Å². The second-order valence-electron chi connectivity index (χ2n) is 3.94. The molecule has 1 rings (SSSR count). The van der Waals surface area contributed by atoms with Gasteiger partial charge in [0.05, 0.1) is 6.54 Å². The van der Waals surface area contributed by atoms with Crippen LogP contribution in [0.15, 0.2) is 18.2 Å². The van der Waals surface area contributed by atoms with Crippen LogP contribution < -0.4 is 15.4 Å². The summed E-state index contributed by atoms with van der Waals surface area (Å²) < 4.78 is 5.47. The van der Waals surface area contributed by atoms with Crippen LogP contribution in [0.1, 0.15) is 18.9 Å². The van der Waals surface area contributed by atoms with Crippen LogP contribution in [0, 0.1) is 6.92 Å². The Morgan fingerprint density at radius 1 is 1.33 bits per heavy atom. The van der Waals surface area contributed by atoms with E-state index in [1.54, 1.807) is 6.07 Å². The molecule has 2 N–H and O–H groups in total. The van der Waals surface area contributed by atoms with Gasteiger partial charge >= 0.3 is 6.03 Å². The lowest BCUT2D eigenvalue weighted by molar-refractivity contribution is 0.236. The number of hydrogen-bond donors (Lipinski definition) is 2. The summed E-state index contributed by atoms with van der Waals surface area (Å²) in [6.07, 6.45) is 0.922. The Morgan fingerprint density at radius 2 is 2.06 bits per heavy atom. The number of aryl methyl sites for hydroxylation is 1. The highest BCUT2D eigenvalue weighted by Crippen LogP contribution is 2.21. The average Bonchev–Trinajstić information content (AvgIpc) is 2.36. The van der Waals surface area contributed by atoms with Crippen molar-refractivity contribution in [3.05, 3.63) is 28.8 Å². The summed E-state index contributed by atoms with van der Waals surface area (Å²) in [5.41, 5.74) is 1.01. The molecule has 0 aliphatic rings. The van der Waals surface area contributed by atoms with Crippen molar-refractivity contribution in [2.75, 3.05) is 19.7 Å². The molecule has 0 aliphatic heterocycles. The van der Waals surface area contributed by atoms with Gasteiger partial charge in [-0.15, -0.1) is 0 Å². The molecular weight excluding hydrogens is 252 g/mol. The number of urea groups is 1. The lowest BCUT2D eigenvalue weighted by atomic mass is 10.2. The first kappa shape index (κ1) is 14.6. The molecule has 2 amide bonds. The van der Waals surface area contributed by atoms with Crippen LogP contribution in [0.25, 0.3) is 0 Å². The topological polar surface area (TPSA) is 50.4 Å². The average molecular weight is 271 g/mol. The fourth-order valence-electron chi connectivity index (χ4n) is 1.30. The van der Waals surface area contributed by atoms with Crippen LogP contribution in [-0.4, -0.2) is 25.7 Å². The fourth-order valence-corrected chi connectivity index (χ4v) is 1.47. The Bertz CT molecular complexity index is 397. The minimum absolute atomic E-state index is 0.164. The SMILES string of the molecule is CCCNC(=O)NCCOc1ccc(C)c(Cl)c1. The van der Waals surface area contributed by atoms with Gasteiger partial charge in [-0.25, -0.2) is 4.79 Å². The van der Waals surface area contributed by atoms with E-state index in [4.69, 9.17) is 16.3 Å². The molecule has 0 aliphatic carbocycles. The number of carbonyl (C=O) groups excluding carboxylic acids is 1. The molecule has 0 spiro atoms. The molecule has 1 aromatic carbocycles. The molecule has 5 heteroatoms. The van der Waals surface area contributed by atoms with E-state index < -0.39 is 0 Å². The van der Waals surface area contributed by atoms with Crippen molar-refractivity contribution >= 4 is 17.6 Å². The van der Waals surface area contributed by atoms with Gasteiger partial charge in [-0.3, -0.25) is 0 Å². The molecular formula is C13H19ClN2O2. The summed E-state index contributed by atoms with van der Waals surface area (Å²) in [6, 6.07) is 5.37. The summed E-state index contributed by atoms with van der Waals surface area (Å²) in [6.45, 7) is 5.50. The van der Waals surface area contributed by atoms with Gasteiger partial charge in [0.15, 0.2) is 0 Å². The van der Waals surface area contributed by atoms with Crippen molar-refractivity contribution in [2.24, 2.45) is 0 Å². The van der Waals surface area contributed by atoms with Crippen molar-refractivity contribution in [3.63, 3.8) is 0 Å². The lowest BCUT2D eigenvalue weighted by Crippen LogP contribution is -2.37. The van der Waals surface area contributed by atoms with Gasteiger partial charge in [-0.2, -0.15) is 0 Å². The van der Waals surface area contributed by atoms with Gasteiger partial charge < -0.3 is 15.4 Å². The maximum Gasteiger partial charge on any atom is 0.314 e. The molecule has 1 aromatic rings. The van der Waals surface area contributed by atoms with Crippen LogP contribution >= 0.6 is 11.6 Å². The molecule has 0 atom stereocenters. The van der Waals surface area contributed by atoms with Crippen LogP contribution in [-0.2, 0) is 0 Å². The van der Waals surface area contributed by atoms with E-state index in [0.717, 1.165) is 12.0 Å². The van der Waals surface area contributed by atoms with Crippen molar-refractivity contribution in [3.8, 4) is 5.75 Å². The highest BCUT2D eigenvalue weighted by molar-refractivity contribution is 6.31. The highest BCUT2D eigenvalue weighted by atomic mass is 35.5. The predicted molar refractivity (Wildman–Crippen MR) is 73.4 cm³/mol. The molecule has 4 nitrogen and oxygen atoms in total. The van der Waals surface area contributed by atoms with Crippen LogP contribution in [0.4, 0.5) is 4.79 Å². The van der Waals surface area contributed by atoms with E-state index in [1.807, 2.05) is 26.0 Å². The maximum atomic E-state index is 11.2. The lowest BCUT2D eigenvalue weighted by Gasteiger charge is -2.09. The number of benzene rings is 1. The summed E-state index contributed by atoms with van der Waals surface area (Å²) in [5, 5.41) is 6.11.